The SMILES string of the molecule is CCNC(=NCCNS(=O)(=O)c1cc(C)ccc1C)N(C)CCOCC1CC1. The van der Waals surface area contributed by atoms with Crippen molar-refractivity contribution in [3.05, 3.63) is 29.3 Å². The van der Waals surface area contributed by atoms with Crippen LogP contribution >= 0.6 is 0 Å². The molecular formula is C20H34N4O3S. The molecule has 28 heavy (non-hydrogen) atoms. The quantitative estimate of drug-likeness (QED) is 0.331. The summed E-state index contributed by atoms with van der Waals surface area (Å²) < 4.78 is 33.4. The lowest BCUT2D eigenvalue weighted by Gasteiger charge is -2.22. The van der Waals surface area contributed by atoms with Crippen LogP contribution in [0.2, 0.25) is 0 Å². The van der Waals surface area contributed by atoms with E-state index in [0.29, 0.717) is 18.0 Å². The second-order valence-electron chi connectivity index (χ2n) is 7.34. The van der Waals surface area contributed by atoms with Gasteiger partial charge in [0.25, 0.3) is 0 Å². The van der Waals surface area contributed by atoms with Crippen molar-refractivity contribution in [3.8, 4) is 0 Å². The van der Waals surface area contributed by atoms with E-state index in [4.69, 9.17) is 4.74 Å². The minimum absolute atomic E-state index is 0.247. The lowest BCUT2D eigenvalue weighted by Crippen LogP contribution is -2.41. The molecule has 8 heteroatoms. The fourth-order valence-corrected chi connectivity index (χ4v) is 4.08. The average molecular weight is 411 g/mol. The van der Waals surface area contributed by atoms with Crippen LogP contribution in [0.25, 0.3) is 0 Å². The van der Waals surface area contributed by atoms with Crippen molar-refractivity contribution >= 4 is 16.0 Å². The number of aryl methyl sites for hydroxylation is 2. The first-order chi connectivity index (χ1) is 13.3. The van der Waals surface area contributed by atoms with Crippen LogP contribution in [0.15, 0.2) is 28.1 Å². The molecule has 0 atom stereocenters. The van der Waals surface area contributed by atoms with Crippen molar-refractivity contribution in [1.82, 2.24) is 14.9 Å². The Morgan fingerprint density at radius 3 is 2.75 bits per heavy atom. The summed E-state index contributed by atoms with van der Waals surface area (Å²) in [6.07, 6.45) is 2.58. The summed E-state index contributed by atoms with van der Waals surface area (Å²) in [6, 6.07) is 5.43. The van der Waals surface area contributed by atoms with E-state index in [0.717, 1.165) is 42.7 Å². The second kappa shape index (κ2) is 10.8. The van der Waals surface area contributed by atoms with Crippen LogP contribution < -0.4 is 10.0 Å². The van der Waals surface area contributed by atoms with Gasteiger partial charge in [-0.15, -0.1) is 0 Å². The van der Waals surface area contributed by atoms with Gasteiger partial charge in [0.1, 0.15) is 0 Å². The van der Waals surface area contributed by atoms with Crippen molar-refractivity contribution in [3.63, 3.8) is 0 Å². The number of sulfonamides is 1. The maximum absolute atomic E-state index is 12.5. The molecule has 7 nitrogen and oxygen atoms in total. The highest BCUT2D eigenvalue weighted by Crippen LogP contribution is 2.28. The van der Waals surface area contributed by atoms with E-state index in [-0.39, 0.29) is 6.54 Å². The van der Waals surface area contributed by atoms with Gasteiger partial charge in [0.2, 0.25) is 10.0 Å². The molecule has 1 fully saturated rings. The lowest BCUT2D eigenvalue weighted by atomic mass is 10.2. The first-order valence-electron chi connectivity index (χ1n) is 9.97. The van der Waals surface area contributed by atoms with Gasteiger partial charge in [-0.25, -0.2) is 13.1 Å². The van der Waals surface area contributed by atoms with E-state index in [9.17, 15) is 8.42 Å². The number of aliphatic imine (C=N–C) groups is 1. The molecule has 1 aromatic carbocycles. The molecular weight excluding hydrogens is 376 g/mol. The van der Waals surface area contributed by atoms with Crippen LogP contribution in [0.4, 0.5) is 0 Å². The Labute approximate surface area is 169 Å². The fourth-order valence-electron chi connectivity index (χ4n) is 2.73. The minimum atomic E-state index is -3.54. The molecule has 2 N–H and O–H groups in total. The van der Waals surface area contributed by atoms with Crippen LogP contribution in [0.1, 0.15) is 30.9 Å². The van der Waals surface area contributed by atoms with E-state index < -0.39 is 10.0 Å². The molecule has 0 radical (unpaired) electrons. The van der Waals surface area contributed by atoms with Crippen LogP contribution in [-0.2, 0) is 14.8 Å². The number of nitrogens with zero attached hydrogens (tertiary/aromatic N) is 2. The molecule has 0 aromatic heterocycles. The topological polar surface area (TPSA) is 83.0 Å². The summed E-state index contributed by atoms with van der Waals surface area (Å²) in [5, 5.41) is 3.23. The third-order valence-corrected chi connectivity index (χ3v) is 6.22. The number of rotatable bonds is 11. The monoisotopic (exact) mass is 410 g/mol. The first kappa shape index (κ1) is 22.6. The van der Waals surface area contributed by atoms with Gasteiger partial charge < -0.3 is 15.0 Å². The van der Waals surface area contributed by atoms with Gasteiger partial charge in [-0.3, -0.25) is 4.99 Å². The predicted molar refractivity (Wildman–Crippen MR) is 113 cm³/mol. The first-order valence-corrected chi connectivity index (χ1v) is 11.5. The molecule has 0 aliphatic heterocycles. The molecule has 0 amide bonds. The molecule has 1 saturated carbocycles. The Kier molecular flexibility index (Phi) is 8.72. The van der Waals surface area contributed by atoms with E-state index in [1.54, 1.807) is 13.0 Å². The molecule has 1 aliphatic carbocycles. The Morgan fingerprint density at radius 2 is 2.07 bits per heavy atom. The zero-order valence-corrected chi connectivity index (χ0v) is 18.3. The fraction of sp³-hybridized carbons (Fsp3) is 0.650. The summed E-state index contributed by atoms with van der Waals surface area (Å²) in [5.41, 5.74) is 1.66. The van der Waals surface area contributed by atoms with Crippen molar-refractivity contribution in [2.24, 2.45) is 10.9 Å². The summed E-state index contributed by atoms with van der Waals surface area (Å²) in [7, 11) is -1.58. The van der Waals surface area contributed by atoms with Gasteiger partial charge in [0.15, 0.2) is 5.96 Å². The van der Waals surface area contributed by atoms with Crippen LogP contribution in [0.3, 0.4) is 0 Å². The van der Waals surface area contributed by atoms with Crippen molar-refractivity contribution in [2.75, 3.05) is 46.4 Å². The lowest BCUT2D eigenvalue weighted by molar-refractivity contribution is 0.115. The number of likely N-dealkylation sites (N-methyl/N-ethyl adjacent to an activating group) is 1. The van der Waals surface area contributed by atoms with Crippen LogP contribution in [-0.4, -0.2) is 65.7 Å². The van der Waals surface area contributed by atoms with Crippen molar-refractivity contribution in [2.45, 2.75) is 38.5 Å². The number of nitrogens with one attached hydrogen (secondary N) is 2. The Bertz CT molecular complexity index is 761. The largest absolute Gasteiger partial charge is 0.379 e. The maximum atomic E-state index is 12.5. The Morgan fingerprint density at radius 1 is 1.32 bits per heavy atom. The van der Waals surface area contributed by atoms with Crippen molar-refractivity contribution < 1.29 is 13.2 Å². The summed E-state index contributed by atoms with van der Waals surface area (Å²) in [4.78, 5) is 6.86. The third-order valence-electron chi connectivity index (χ3n) is 4.62. The van der Waals surface area contributed by atoms with Crippen LogP contribution in [0.5, 0.6) is 0 Å². The highest BCUT2D eigenvalue weighted by atomic mass is 32.2. The number of guanidine groups is 1. The smallest absolute Gasteiger partial charge is 0.240 e. The van der Waals surface area contributed by atoms with Gasteiger partial charge >= 0.3 is 0 Å². The molecule has 158 valence electrons. The van der Waals surface area contributed by atoms with Crippen LogP contribution in [0, 0.1) is 19.8 Å². The number of ether oxygens (including phenoxy) is 1. The predicted octanol–water partition coefficient (Wildman–Crippen LogP) is 1.91. The minimum Gasteiger partial charge on any atom is -0.379 e. The molecule has 2 rings (SSSR count). The molecule has 1 aliphatic rings. The van der Waals surface area contributed by atoms with Gasteiger partial charge in [0, 0.05) is 33.3 Å². The molecule has 0 saturated heterocycles. The van der Waals surface area contributed by atoms with Gasteiger partial charge in [-0.1, -0.05) is 12.1 Å². The Hall–Kier alpha value is -1.64. The van der Waals surface area contributed by atoms with Gasteiger partial charge in [-0.2, -0.15) is 0 Å². The second-order valence-corrected chi connectivity index (χ2v) is 9.08. The van der Waals surface area contributed by atoms with E-state index in [2.05, 4.69) is 15.0 Å². The maximum Gasteiger partial charge on any atom is 0.240 e. The molecule has 1 aromatic rings. The summed E-state index contributed by atoms with van der Waals surface area (Å²) in [5.74, 6) is 1.51. The third kappa shape index (κ3) is 7.41. The highest BCUT2D eigenvalue weighted by Gasteiger charge is 2.21. The molecule has 0 heterocycles. The number of hydrogen-bond donors (Lipinski definition) is 2. The number of benzene rings is 1. The highest BCUT2D eigenvalue weighted by molar-refractivity contribution is 7.89. The summed E-state index contributed by atoms with van der Waals surface area (Å²) in [6.45, 7) is 9.31. The van der Waals surface area contributed by atoms with E-state index >= 15 is 0 Å². The molecule has 0 unspecified atom stereocenters. The van der Waals surface area contributed by atoms with E-state index in [1.165, 1.54) is 12.8 Å². The zero-order chi connectivity index (χ0) is 20.6. The average Bonchev–Trinajstić information content (AvgIpc) is 3.47. The van der Waals surface area contributed by atoms with Crippen molar-refractivity contribution in [1.29, 1.82) is 0 Å². The normalized spacial score (nSPS) is 14.9. The summed E-state index contributed by atoms with van der Waals surface area (Å²) >= 11 is 0. The molecule has 0 bridgehead atoms. The Balaban J connectivity index is 1.83. The van der Waals surface area contributed by atoms with Gasteiger partial charge in [0.05, 0.1) is 18.0 Å². The zero-order valence-electron chi connectivity index (χ0n) is 17.5. The van der Waals surface area contributed by atoms with E-state index in [1.807, 2.05) is 37.9 Å². The number of hydrogen-bond acceptors (Lipinski definition) is 4. The molecule has 0 spiro atoms. The van der Waals surface area contributed by atoms with Gasteiger partial charge in [-0.05, 0) is 56.7 Å². The standard InChI is InChI=1S/C20H34N4O3S/c1-5-21-20(24(4)12-13-27-15-18-8-9-18)22-10-11-23-28(25,26)19-14-16(2)6-7-17(19)3/h6-7,14,18,23H,5,8-13,15H2,1-4H3,(H,21,22).